The molecule has 1 saturated heterocycles. The lowest BCUT2D eigenvalue weighted by atomic mass is 10.0. The first kappa shape index (κ1) is 15.0. The molecule has 4 heteroatoms. The Labute approximate surface area is 146 Å². The first-order valence-electron chi connectivity index (χ1n) is 8.11. The maximum Gasteiger partial charge on any atom is 0.0685 e. The summed E-state index contributed by atoms with van der Waals surface area (Å²) in [5.41, 5.74) is 5.66. The zero-order chi connectivity index (χ0) is 15.8. The van der Waals surface area contributed by atoms with Gasteiger partial charge in [-0.2, -0.15) is 0 Å². The number of benzene rings is 2. The van der Waals surface area contributed by atoms with Crippen molar-refractivity contribution in [3.8, 4) is 0 Å². The van der Waals surface area contributed by atoms with E-state index in [1.54, 1.807) is 0 Å². The van der Waals surface area contributed by atoms with Gasteiger partial charge in [0.25, 0.3) is 0 Å². The van der Waals surface area contributed by atoms with Gasteiger partial charge in [-0.25, -0.2) is 0 Å². The quantitative estimate of drug-likeness (QED) is 0.686. The van der Waals surface area contributed by atoms with Gasteiger partial charge in [-0.05, 0) is 54.7 Å². The van der Waals surface area contributed by atoms with Gasteiger partial charge < -0.3 is 4.90 Å². The third-order valence-corrected chi connectivity index (χ3v) is 5.38. The van der Waals surface area contributed by atoms with Crippen molar-refractivity contribution in [2.24, 2.45) is 4.99 Å². The fourth-order valence-electron chi connectivity index (χ4n) is 3.37. The minimum Gasteiger partial charge on any atom is -0.372 e. The van der Waals surface area contributed by atoms with Crippen molar-refractivity contribution in [2.75, 3.05) is 18.0 Å². The molecule has 2 aromatic rings. The Morgan fingerprint density at radius 1 is 0.870 bits per heavy atom. The molecule has 2 aliphatic heterocycles. The molecule has 0 aliphatic carbocycles. The summed E-state index contributed by atoms with van der Waals surface area (Å²) in [6.07, 6.45) is 4.76. The van der Waals surface area contributed by atoms with Gasteiger partial charge in [0.2, 0.25) is 0 Å². The fourth-order valence-corrected chi connectivity index (χ4v) is 3.72. The van der Waals surface area contributed by atoms with Crippen LogP contribution in [0.4, 0.5) is 11.4 Å². The highest BCUT2D eigenvalue weighted by Gasteiger charge is 2.18. The number of aliphatic imine (C=N–C) groups is 1. The maximum atomic E-state index is 6.10. The normalized spacial score (nSPS) is 17.1. The predicted molar refractivity (Wildman–Crippen MR) is 98.9 cm³/mol. The number of nitrogens with zero attached hydrogens (tertiary/aromatic N) is 2. The van der Waals surface area contributed by atoms with Gasteiger partial charge in [-0.1, -0.05) is 35.3 Å². The summed E-state index contributed by atoms with van der Waals surface area (Å²) < 4.78 is 0. The highest BCUT2D eigenvalue weighted by molar-refractivity contribution is 6.42. The van der Waals surface area contributed by atoms with Crippen molar-refractivity contribution in [1.82, 2.24) is 0 Å². The third-order valence-electron chi connectivity index (χ3n) is 4.66. The first-order chi connectivity index (χ1) is 11.2. The summed E-state index contributed by atoms with van der Waals surface area (Å²) >= 11 is 12.2. The highest BCUT2D eigenvalue weighted by atomic mass is 35.5. The zero-order valence-electron chi connectivity index (χ0n) is 12.9. The molecule has 2 heterocycles. The monoisotopic (exact) mass is 344 g/mol. The average molecular weight is 345 g/mol. The molecule has 0 N–H and O–H groups in total. The van der Waals surface area contributed by atoms with Crippen LogP contribution in [0.1, 0.15) is 30.4 Å². The maximum absolute atomic E-state index is 6.10. The van der Waals surface area contributed by atoms with Crippen LogP contribution in [-0.2, 0) is 6.42 Å². The Morgan fingerprint density at radius 3 is 2.30 bits per heavy atom. The number of anilines is 1. The molecule has 0 unspecified atom stereocenters. The Hall–Kier alpha value is -1.51. The van der Waals surface area contributed by atoms with E-state index in [1.165, 1.54) is 43.6 Å². The van der Waals surface area contributed by atoms with Gasteiger partial charge in [0.15, 0.2) is 0 Å². The second-order valence-electron chi connectivity index (χ2n) is 6.22. The molecule has 0 bridgehead atoms. The summed E-state index contributed by atoms with van der Waals surface area (Å²) in [5, 5.41) is 1.16. The molecule has 0 aromatic heterocycles. The van der Waals surface area contributed by atoms with Crippen LogP contribution in [0.25, 0.3) is 0 Å². The van der Waals surface area contributed by atoms with Gasteiger partial charge >= 0.3 is 0 Å². The number of halogens is 2. The standard InChI is InChI=1S/C19H18Cl2N2/c20-16-10-14-11-18(22-19(14)12-17(16)21)13-4-6-15(7-5-13)23-8-2-1-3-9-23/h4-7,10,12H,1-3,8-9,11H2. The van der Waals surface area contributed by atoms with Crippen LogP contribution in [0.15, 0.2) is 41.4 Å². The molecule has 2 nitrogen and oxygen atoms in total. The van der Waals surface area contributed by atoms with E-state index in [0.29, 0.717) is 10.0 Å². The van der Waals surface area contributed by atoms with Crippen molar-refractivity contribution in [3.63, 3.8) is 0 Å². The van der Waals surface area contributed by atoms with E-state index in [4.69, 9.17) is 28.2 Å². The van der Waals surface area contributed by atoms with Crippen LogP contribution >= 0.6 is 23.2 Å². The van der Waals surface area contributed by atoms with Gasteiger partial charge in [-0.15, -0.1) is 0 Å². The molecule has 0 amide bonds. The summed E-state index contributed by atoms with van der Waals surface area (Å²) in [5.74, 6) is 0. The van der Waals surface area contributed by atoms with Crippen LogP contribution in [0.2, 0.25) is 10.0 Å². The second kappa shape index (κ2) is 6.18. The summed E-state index contributed by atoms with van der Waals surface area (Å²) in [4.78, 5) is 7.20. The van der Waals surface area contributed by atoms with E-state index in [-0.39, 0.29) is 0 Å². The SMILES string of the molecule is Clc1cc2c(cc1Cl)N=C(c1ccc(N3CCCCC3)cc1)C2. The predicted octanol–water partition coefficient (Wildman–Crippen LogP) is 5.66. The molecule has 1 fully saturated rings. The number of rotatable bonds is 2. The van der Waals surface area contributed by atoms with Crippen LogP contribution in [-0.4, -0.2) is 18.8 Å². The van der Waals surface area contributed by atoms with Crippen molar-refractivity contribution >= 4 is 40.3 Å². The Balaban J connectivity index is 1.56. The van der Waals surface area contributed by atoms with Crippen molar-refractivity contribution < 1.29 is 0 Å². The molecule has 2 aromatic carbocycles. The third kappa shape index (κ3) is 2.98. The lowest BCUT2D eigenvalue weighted by molar-refractivity contribution is 0.578. The molecule has 23 heavy (non-hydrogen) atoms. The molecule has 0 spiro atoms. The molecule has 0 atom stereocenters. The number of piperidine rings is 1. The van der Waals surface area contributed by atoms with E-state index in [0.717, 1.165) is 23.4 Å². The van der Waals surface area contributed by atoms with Crippen molar-refractivity contribution in [1.29, 1.82) is 0 Å². The van der Waals surface area contributed by atoms with E-state index in [2.05, 4.69) is 29.2 Å². The minimum absolute atomic E-state index is 0.566. The molecular formula is C19H18Cl2N2. The van der Waals surface area contributed by atoms with E-state index < -0.39 is 0 Å². The molecule has 2 aliphatic rings. The van der Waals surface area contributed by atoms with Gasteiger partial charge in [-0.3, -0.25) is 4.99 Å². The Morgan fingerprint density at radius 2 is 1.57 bits per heavy atom. The lowest BCUT2D eigenvalue weighted by Gasteiger charge is -2.28. The zero-order valence-corrected chi connectivity index (χ0v) is 14.4. The molecule has 0 radical (unpaired) electrons. The molecule has 4 rings (SSSR count). The summed E-state index contributed by atoms with van der Waals surface area (Å²) in [6, 6.07) is 12.6. The van der Waals surface area contributed by atoms with E-state index >= 15 is 0 Å². The molecular weight excluding hydrogens is 327 g/mol. The van der Waals surface area contributed by atoms with Crippen LogP contribution < -0.4 is 4.90 Å². The van der Waals surface area contributed by atoms with Gasteiger partial charge in [0.1, 0.15) is 0 Å². The van der Waals surface area contributed by atoms with Crippen LogP contribution in [0, 0.1) is 0 Å². The van der Waals surface area contributed by atoms with E-state index in [1.807, 2.05) is 12.1 Å². The van der Waals surface area contributed by atoms with Crippen molar-refractivity contribution in [2.45, 2.75) is 25.7 Å². The smallest absolute Gasteiger partial charge is 0.0685 e. The lowest BCUT2D eigenvalue weighted by Crippen LogP contribution is -2.29. The largest absolute Gasteiger partial charge is 0.372 e. The fraction of sp³-hybridized carbons (Fsp3) is 0.316. The Kier molecular flexibility index (Phi) is 4.04. The topological polar surface area (TPSA) is 15.6 Å². The first-order valence-corrected chi connectivity index (χ1v) is 8.87. The van der Waals surface area contributed by atoms with Crippen LogP contribution in [0.5, 0.6) is 0 Å². The average Bonchev–Trinajstić information content (AvgIpc) is 2.99. The van der Waals surface area contributed by atoms with Crippen molar-refractivity contribution in [3.05, 3.63) is 57.6 Å². The number of hydrogen-bond donors (Lipinski definition) is 0. The molecule has 0 saturated carbocycles. The number of fused-ring (bicyclic) bond motifs is 1. The van der Waals surface area contributed by atoms with E-state index in [9.17, 15) is 0 Å². The summed E-state index contributed by atoms with van der Waals surface area (Å²) in [7, 11) is 0. The van der Waals surface area contributed by atoms with Gasteiger partial charge in [0, 0.05) is 25.2 Å². The highest BCUT2D eigenvalue weighted by Crippen LogP contribution is 2.36. The van der Waals surface area contributed by atoms with Crippen LogP contribution in [0.3, 0.4) is 0 Å². The Bertz CT molecular complexity index is 760. The summed E-state index contributed by atoms with van der Waals surface area (Å²) in [6.45, 7) is 2.34. The van der Waals surface area contributed by atoms with Gasteiger partial charge in [0.05, 0.1) is 21.4 Å². The second-order valence-corrected chi connectivity index (χ2v) is 7.04. The number of hydrogen-bond acceptors (Lipinski definition) is 2. The minimum atomic E-state index is 0.566. The molecule has 118 valence electrons.